The van der Waals surface area contributed by atoms with Crippen LogP contribution in [0.25, 0.3) is 0 Å². The summed E-state index contributed by atoms with van der Waals surface area (Å²) < 4.78 is 26.7. The lowest BCUT2D eigenvalue weighted by molar-refractivity contribution is -0.0176. The fraction of sp³-hybridized carbons (Fsp3) is 1.00. The quantitative estimate of drug-likeness (QED) is 0.633. The zero-order chi connectivity index (χ0) is 9.24. The first kappa shape index (κ1) is 10.2. The van der Waals surface area contributed by atoms with E-state index in [0.29, 0.717) is 13.2 Å². The molecule has 0 aromatic rings. The van der Waals surface area contributed by atoms with Gasteiger partial charge in [-0.2, -0.15) is 0 Å². The number of phosphoric ester groups is 1. The minimum Gasteiger partial charge on any atom is -0.287 e. The second-order valence-electron chi connectivity index (χ2n) is 3.30. The number of hydrogen-bond acceptors (Lipinski definition) is 4. The largest absolute Gasteiger partial charge is 0.475 e. The van der Waals surface area contributed by atoms with Crippen molar-refractivity contribution in [1.82, 2.24) is 0 Å². The van der Waals surface area contributed by atoms with Gasteiger partial charge in [0.15, 0.2) is 0 Å². The van der Waals surface area contributed by atoms with Gasteiger partial charge in [-0.25, -0.2) is 4.57 Å². The lowest BCUT2D eigenvalue weighted by Crippen LogP contribution is -2.30. The highest BCUT2D eigenvalue weighted by Gasteiger charge is 2.39. The molecule has 0 aromatic carbocycles. The van der Waals surface area contributed by atoms with Gasteiger partial charge in [0.25, 0.3) is 0 Å². The molecule has 5 heteroatoms. The Morgan fingerprint density at radius 2 is 2.25 bits per heavy atom. The molecule has 0 N–H and O–H groups in total. The Morgan fingerprint density at radius 1 is 1.58 bits per heavy atom. The molecule has 1 unspecified atom stereocenters. The fourth-order valence-electron chi connectivity index (χ4n) is 1.000. The Hall–Kier alpha value is 0.110. The molecule has 0 aromatic heterocycles. The van der Waals surface area contributed by atoms with Gasteiger partial charge in [0.2, 0.25) is 0 Å². The Morgan fingerprint density at radius 3 is 2.75 bits per heavy atom. The van der Waals surface area contributed by atoms with Crippen LogP contribution in [0.1, 0.15) is 27.2 Å². The summed E-state index contributed by atoms with van der Waals surface area (Å²) in [5.74, 6) is 0. The molecule has 4 nitrogen and oxygen atoms in total. The van der Waals surface area contributed by atoms with Crippen LogP contribution in [0.15, 0.2) is 0 Å². The molecular formula is C7H15O4P. The molecule has 72 valence electrons. The van der Waals surface area contributed by atoms with Gasteiger partial charge in [0, 0.05) is 6.42 Å². The highest BCUT2D eigenvalue weighted by atomic mass is 31.2. The number of phosphoric acid groups is 1. The summed E-state index contributed by atoms with van der Waals surface area (Å²) in [7, 11) is -3.23. The molecule has 1 saturated heterocycles. The Labute approximate surface area is 72.8 Å². The first-order chi connectivity index (χ1) is 5.47. The lowest BCUT2D eigenvalue weighted by atomic mass is 10.1. The van der Waals surface area contributed by atoms with E-state index in [-0.39, 0.29) is 0 Å². The molecule has 1 aliphatic rings. The summed E-state index contributed by atoms with van der Waals surface area (Å²) in [6.07, 6.45) is 0.740. The van der Waals surface area contributed by atoms with Crippen LogP contribution in [0.3, 0.4) is 0 Å². The molecule has 0 amide bonds. The minimum atomic E-state index is -3.23. The van der Waals surface area contributed by atoms with Gasteiger partial charge in [0.1, 0.15) is 0 Å². The zero-order valence-electron chi connectivity index (χ0n) is 7.70. The zero-order valence-corrected chi connectivity index (χ0v) is 8.60. The average Bonchev–Trinajstić information content (AvgIpc) is 1.83. The minimum absolute atomic E-state index is 0.341. The van der Waals surface area contributed by atoms with Gasteiger partial charge in [-0.05, 0) is 20.8 Å². The third-order valence-electron chi connectivity index (χ3n) is 1.60. The fourth-order valence-corrected chi connectivity index (χ4v) is 2.51. The van der Waals surface area contributed by atoms with Crippen LogP contribution in [0, 0.1) is 0 Å². The lowest BCUT2D eigenvalue weighted by Gasteiger charge is -2.33. The summed E-state index contributed by atoms with van der Waals surface area (Å²) in [5.41, 5.74) is -0.400. The van der Waals surface area contributed by atoms with Crippen molar-refractivity contribution in [2.45, 2.75) is 32.8 Å². The second-order valence-corrected chi connectivity index (χ2v) is 4.89. The maximum atomic E-state index is 11.6. The van der Waals surface area contributed by atoms with E-state index >= 15 is 0 Å². The summed E-state index contributed by atoms with van der Waals surface area (Å²) in [4.78, 5) is 0. The van der Waals surface area contributed by atoms with Crippen molar-refractivity contribution in [2.24, 2.45) is 0 Å². The van der Waals surface area contributed by atoms with Crippen molar-refractivity contribution in [3.63, 3.8) is 0 Å². The smallest absolute Gasteiger partial charge is 0.287 e. The van der Waals surface area contributed by atoms with Crippen LogP contribution < -0.4 is 0 Å². The maximum Gasteiger partial charge on any atom is 0.475 e. The van der Waals surface area contributed by atoms with Gasteiger partial charge in [-0.3, -0.25) is 13.6 Å². The summed E-state index contributed by atoms with van der Waals surface area (Å²) in [5, 5.41) is 0. The first-order valence-electron chi connectivity index (χ1n) is 4.07. The predicted octanol–water partition coefficient (Wildman–Crippen LogP) is 2.35. The van der Waals surface area contributed by atoms with Crippen molar-refractivity contribution < 1.29 is 18.1 Å². The standard InChI is InChI=1S/C7H15O4P/c1-4-9-12(8)10-6-5-7(2,3)11-12/h4-6H2,1-3H3. The van der Waals surface area contributed by atoms with Crippen molar-refractivity contribution >= 4 is 7.82 Å². The van der Waals surface area contributed by atoms with E-state index < -0.39 is 13.4 Å². The predicted molar refractivity (Wildman–Crippen MR) is 45.0 cm³/mol. The summed E-state index contributed by atoms with van der Waals surface area (Å²) in [6, 6.07) is 0. The summed E-state index contributed by atoms with van der Waals surface area (Å²) in [6.45, 7) is 6.29. The van der Waals surface area contributed by atoms with Gasteiger partial charge in [-0.1, -0.05) is 0 Å². The van der Waals surface area contributed by atoms with E-state index in [0.717, 1.165) is 6.42 Å². The third kappa shape index (κ3) is 2.56. The number of rotatable bonds is 2. The molecule has 1 atom stereocenters. The molecule has 0 spiro atoms. The monoisotopic (exact) mass is 194 g/mol. The molecule has 0 radical (unpaired) electrons. The summed E-state index contributed by atoms with van der Waals surface area (Å²) >= 11 is 0. The van der Waals surface area contributed by atoms with Crippen LogP contribution in [0.4, 0.5) is 0 Å². The van der Waals surface area contributed by atoms with Crippen molar-refractivity contribution in [1.29, 1.82) is 0 Å². The molecular weight excluding hydrogens is 179 g/mol. The average molecular weight is 194 g/mol. The van der Waals surface area contributed by atoms with E-state index in [4.69, 9.17) is 13.6 Å². The van der Waals surface area contributed by atoms with Crippen LogP contribution in [-0.2, 0) is 18.1 Å². The Kier molecular flexibility index (Phi) is 2.94. The molecule has 0 aliphatic carbocycles. The van der Waals surface area contributed by atoms with E-state index in [1.165, 1.54) is 0 Å². The highest BCUT2D eigenvalue weighted by Crippen LogP contribution is 2.56. The normalized spacial score (nSPS) is 34.9. The molecule has 1 aliphatic heterocycles. The van der Waals surface area contributed by atoms with Gasteiger partial charge in [-0.15, -0.1) is 0 Å². The Bertz CT molecular complexity index is 196. The van der Waals surface area contributed by atoms with Crippen molar-refractivity contribution in [3.8, 4) is 0 Å². The van der Waals surface area contributed by atoms with Crippen LogP contribution in [0.5, 0.6) is 0 Å². The molecule has 0 bridgehead atoms. The number of hydrogen-bond donors (Lipinski definition) is 0. The van der Waals surface area contributed by atoms with E-state index in [9.17, 15) is 4.57 Å². The van der Waals surface area contributed by atoms with Gasteiger partial charge < -0.3 is 0 Å². The van der Waals surface area contributed by atoms with Crippen molar-refractivity contribution in [2.75, 3.05) is 13.2 Å². The van der Waals surface area contributed by atoms with Crippen LogP contribution in [0.2, 0.25) is 0 Å². The van der Waals surface area contributed by atoms with E-state index in [1.54, 1.807) is 6.92 Å². The topological polar surface area (TPSA) is 44.8 Å². The van der Waals surface area contributed by atoms with E-state index in [1.807, 2.05) is 13.8 Å². The van der Waals surface area contributed by atoms with Crippen LogP contribution >= 0.6 is 7.82 Å². The molecule has 0 saturated carbocycles. The second kappa shape index (κ2) is 3.46. The maximum absolute atomic E-state index is 11.6. The SMILES string of the molecule is CCOP1(=O)OCCC(C)(C)O1. The van der Waals surface area contributed by atoms with Crippen LogP contribution in [-0.4, -0.2) is 18.8 Å². The molecule has 1 heterocycles. The van der Waals surface area contributed by atoms with Gasteiger partial charge >= 0.3 is 7.82 Å². The van der Waals surface area contributed by atoms with E-state index in [2.05, 4.69) is 0 Å². The third-order valence-corrected chi connectivity index (χ3v) is 3.39. The molecule has 1 rings (SSSR count). The first-order valence-corrected chi connectivity index (χ1v) is 5.53. The Balaban J connectivity index is 2.62. The highest BCUT2D eigenvalue weighted by molar-refractivity contribution is 7.48. The van der Waals surface area contributed by atoms with Gasteiger partial charge in [0.05, 0.1) is 18.8 Å². The molecule has 1 fully saturated rings. The van der Waals surface area contributed by atoms with Crippen molar-refractivity contribution in [3.05, 3.63) is 0 Å². The molecule has 12 heavy (non-hydrogen) atoms.